The first-order chi connectivity index (χ1) is 8.90. The fraction of sp³-hybridized carbons (Fsp3) is 0.933. The molecule has 112 valence electrons. The van der Waals surface area contributed by atoms with E-state index in [1.54, 1.807) is 0 Å². The Morgan fingerprint density at radius 3 is 2.26 bits per heavy atom. The number of nitrogens with one attached hydrogen (secondary N) is 3. The Labute approximate surface area is 118 Å². The number of nitrogens with zero attached hydrogens (tertiary/aromatic N) is 1. The van der Waals surface area contributed by atoms with E-state index in [1.165, 1.54) is 25.7 Å². The Balaban J connectivity index is 2.19. The number of hydrogen-bond acceptors (Lipinski definition) is 2. The van der Waals surface area contributed by atoms with Crippen LogP contribution in [0.3, 0.4) is 0 Å². The van der Waals surface area contributed by atoms with Crippen molar-refractivity contribution in [1.29, 1.82) is 0 Å². The summed E-state index contributed by atoms with van der Waals surface area (Å²) in [6.07, 6.45) is 5.20. The smallest absolute Gasteiger partial charge is 0.191 e. The second kappa shape index (κ2) is 7.73. The van der Waals surface area contributed by atoms with Crippen LogP contribution in [0.1, 0.15) is 53.4 Å². The second-order valence-electron chi connectivity index (χ2n) is 6.78. The average molecular weight is 268 g/mol. The molecule has 0 aromatic heterocycles. The van der Waals surface area contributed by atoms with Gasteiger partial charge < -0.3 is 16.0 Å². The van der Waals surface area contributed by atoms with Crippen LogP contribution < -0.4 is 16.0 Å². The van der Waals surface area contributed by atoms with Crippen LogP contribution in [-0.2, 0) is 0 Å². The van der Waals surface area contributed by atoms with Crippen LogP contribution >= 0.6 is 0 Å². The molecular weight excluding hydrogens is 236 g/mol. The molecule has 0 aliphatic heterocycles. The van der Waals surface area contributed by atoms with Gasteiger partial charge in [-0.3, -0.25) is 4.99 Å². The van der Waals surface area contributed by atoms with Crippen molar-refractivity contribution in [2.75, 3.05) is 20.1 Å². The Hall–Kier alpha value is -0.770. The van der Waals surface area contributed by atoms with Gasteiger partial charge in [-0.15, -0.1) is 0 Å². The molecule has 1 aliphatic rings. The van der Waals surface area contributed by atoms with Crippen molar-refractivity contribution in [3.63, 3.8) is 0 Å². The topological polar surface area (TPSA) is 48.5 Å². The fourth-order valence-electron chi connectivity index (χ4n) is 2.41. The van der Waals surface area contributed by atoms with Crippen molar-refractivity contribution in [1.82, 2.24) is 16.0 Å². The van der Waals surface area contributed by atoms with Crippen LogP contribution in [0, 0.1) is 5.92 Å². The minimum absolute atomic E-state index is 0.179. The van der Waals surface area contributed by atoms with E-state index in [0.29, 0.717) is 6.04 Å². The van der Waals surface area contributed by atoms with Gasteiger partial charge in [0.1, 0.15) is 0 Å². The van der Waals surface area contributed by atoms with Crippen LogP contribution in [0.4, 0.5) is 0 Å². The molecule has 4 nitrogen and oxygen atoms in total. The van der Waals surface area contributed by atoms with Crippen molar-refractivity contribution >= 4 is 5.96 Å². The number of aliphatic imine (C=N–C) groups is 1. The highest BCUT2D eigenvalue weighted by molar-refractivity contribution is 5.79. The van der Waals surface area contributed by atoms with Crippen molar-refractivity contribution in [2.24, 2.45) is 10.9 Å². The molecule has 1 saturated carbocycles. The first-order valence-corrected chi connectivity index (χ1v) is 7.63. The largest absolute Gasteiger partial charge is 0.355 e. The quantitative estimate of drug-likeness (QED) is 0.416. The fourth-order valence-corrected chi connectivity index (χ4v) is 2.41. The van der Waals surface area contributed by atoms with Crippen molar-refractivity contribution < 1.29 is 0 Å². The van der Waals surface area contributed by atoms with Gasteiger partial charge in [-0.1, -0.05) is 6.92 Å². The standard InChI is InChI=1S/C15H32N4/c1-12-6-8-13(9-7-12)19-14(16-5)17-10-11-18-15(2,3)4/h12-13,18H,6-11H2,1-5H3,(H2,16,17,19). The molecule has 0 radical (unpaired) electrons. The SMILES string of the molecule is CN=C(NCCNC(C)(C)C)NC1CCC(C)CC1. The number of hydrogen-bond donors (Lipinski definition) is 3. The third-order valence-corrected chi connectivity index (χ3v) is 3.65. The predicted molar refractivity (Wildman–Crippen MR) is 83.7 cm³/mol. The molecule has 0 aromatic carbocycles. The number of guanidine groups is 1. The van der Waals surface area contributed by atoms with Crippen LogP contribution in [-0.4, -0.2) is 37.7 Å². The lowest BCUT2D eigenvalue weighted by molar-refractivity contribution is 0.329. The summed E-state index contributed by atoms with van der Waals surface area (Å²) < 4.78 is 0. The van der Waals surface area contributed by atoms with Gasteiger partial charge in [-0.2, -0.15) is 0 Å². The van der Waals surface area contributed by atoms with Gasteiger partial charge in [-0.05, 0) is 52.4 Å². The van der Waals surface area contributed by atoms with Gasteiger partial charge >= 0.3 is 0 Å². The molecule has 0 bridgehead atoms. The maximum atomic E-state index is 4.30. The van der Waals surface area contributed by atoms with Gasteiger partial charge in [0.05, 0.1) is 0 Å². The summed E-state index contributed by atoms with van der Waals surface area (Å²) in [7, 11) is 1.85. The third kappa shape index (κ3) is 7.41. The Kier molecular flexibility index (Phi) is 6.63. The molecule has 3 N–H and O–H groups in total. The second-order valence-corrected chi connectivity index (χ2v) is 6.78. The first-order valence-electron chi connectivity index (χ1n) is 7.63. The minimum Gasteiger partial charge on any atom is -0.355 e. The van der Waals surface area contributed by atoms with E-state index < -0.39 is 0 Å². The van der Waals surface area contributed by atoms with Crippen LogP contribution in [0.5, 0.6) is 0 Å². The van der Waals surface area contributed by atoms with Gasteiger partial charge in [0.25, 0.3) is 0 Å². The lowest BCUT2D eigenvalue weighted by Crippen LogP contribution is -2.47. The zero-order valence-electron chi connectivity index (χ0n) is 13.3. The van der Waals surface area contributed by atoms with E-state index in [-0.39, 0.29) is 5.54 Å². The summed E-state index contributed by atoms with van der Waals surface area (Å²) in [5.74, 6) is 1.83. The Morgan fingerprint density at radius 1 is 1.11 bits per heavy atom. The molecule has 1 fully saturated rings. The van der Waals surface area contributed by atoms with Gasteiger partial charge in [0.15, 0.2) is 5.96 Å². The molecule has 0 spiro atoms. The molecule has 0 atom stereocenters. The van der Waals surface area contributed by atoms with Gasteiger partial charge in [0.2, 0.25) is 0 Å². The molecule has 1 rings (SSSR count). The lowest BCUT2D eigenvalue weighted by Gasteiger charge is -2.28. The highest BCUT2D eigenvalue weighted by atomic mass is 15.2. The maximum absolute atomic E-state index is 4.30. The summed E-state index contributed by atoms with van der Waals surface area (Å²) in [6, 6.07) is 0.595. The summed E-state index contributed by atoms with van der Waals surface area (Å²) in [5, 5.41) is 10.4. The lowest BCUT2D eigenvalue weighted by atomic mass is 9.87. The molecule has 0 saturated heterocycles. The van der Waals surface area contributed by atoms with E-state index in [4.69, 9.17) is 0 Å². The van der Waals surface area contributed by atoms with Crippen LogP contribution in [0.25, 0.3) is 0 Å². The molecule has 1 aliphatic carbocycles. The van der Waals surface area contributed by atoms with E-state index >= 15 is 0 Å². The van der Waals surface area contributed by atoms with Crippen molar-refractivity contribution in [3.8, 4) is 0 Å². The highest BCUT2D eigenvalue weighted by Gasteiger charge is 2.18. The molecule has 4 heteroatoms. The average Bonchev–Trinajstić information content (AvgIpc) is 2.34. The maximum Gasteiger partial charge on any atom is 0.191 e. The van der Waals surface area contributed by atoms with Gasteiger partial charge in [0, 0.05) is 31.7 Å². The van der Waals surface area contributed by atoms with E-state index in [9.17, 15) is 0 Å². The molecular formula is C15H32N4. The van der Waals surface area contributed by atoms with Crippen molar-refractivity contribution in [2.45, 2.75) is 65.0 Å². The zero-order valence-corrected chi connectivity index (χ0v) is 13.3. The Morgan fingerprint density at radius 2 is 1.74 bits per heavy atom. The molecule has 0 heterocycles. The molecule has 0 aromatic rings. The minimum atomic E-state index is 0.179. The van der Waals surface area contributed by atoms with E-state index in [1.807, 2.05) is 7.05 Å². The van der Waals surface area contributed by atoms with Crippen molar-refractivity contribution in [3.05, 3.63) is 0 Å². The summed E-state index contributed by atoms with van der Waals surface area (Å²) in [4.78, 5) is 4.30. The third-order valence-electron chi connectivity index (χ3n) is 3.65. The molecule has 0 unspecified atom stereocenters. The number of rotatable bonds is 4. The predicted octanol–water partition coefficient (Wildman–Crippen LogP) is 2.12. The normalized spacial score (nSPS) is 25.2. The summed E-state index contributed by atoms with van der Waals surface area (Å²) >= 11 is 0. The summed E-state index contributed by atoms with van der Waals surface area (Å²) in [6.45, 7) is 10.8. The van der Waals surface area contributed by atoms with Crippen LogP contribution in [0.2, 0.25) is 0 Å². The van der Waals surface area contributed by atoms with Crippen LogP contribution in [0.15, 0.2) is 4.99 Å². The molecule has 0 amide bonds. The Bertz CT molecular complexity index is 272. The zero-order chi connectivity index (χ0) is 14.3. The van der Waals surface area contributed by atoms with E-state index in [2.05, 4.69) is 48.6 Å². The highest BCUT2D eigenvalue weighted by Crippen LogP contribution is 2.23. The first kappa shape index (κ1) is 16.3. The summed E-state index contributed by atoms with van der Waals surface area (Å²) in [5.41, 5.74) is 0.179. The van der Waals surface area contributed by atoms with E-state index in [0.717, 1.165) is 25.0 Å². The molecule has 19 heavy (non-hydrogen) atoms. The van der Waals surface area contributed by atoms with Gasteiger partial charge in [-0.25, -0.2) is 0 Å². The monoisotopic (exact) mass is 268 g/mol.